The quantitative estimate of drug-likeness (QED) is 0.736. The van der Waals surface area contributed by atoms with Crippen LogP contribution in [0.4, 0.5) is 5.82 Å². The molecule has 0 fully saturated rings. The van der Waals surface area contributed by atoms with Gasteiger partial charge >= 0.3 is 0 Å². The van der Waals surface area contributed by atoms with Crippen LogP contribution in [0.1, 0.15) is 0 Å². The lowest BCUT2D eigenvalue weighted by Crippen LogP contribution is -2.33. The first-order valence-corrected chi connectivity index (χ1v) is 4.40. The van der Waals surface area contributed by atoms with E-state index in [0.29, 0.717) is 11.0 Å². The first-order chi connectivity index (χ1) is 6.63. The lowest BCUT2D eigenvalue weighted by molar-refractivity contribution is -0.119. The number of nitrogens with zero attached hydrogens (tertiary/aromatic N) is 3. The summed E-state index contributed by atoms with van der Waals surface area (Å²) in [5, 5.41) is 2.88. The highest BCUT2D eigenvalue weighted by Gasteiger charge is 2.07. The molecule has 0 radical (unpaired) electrons. The molecule has 1 aromatic heterocycles. The van der Waals surface area contributed by atoms with Crippen LogP contribution in [0.25, 0.3) is 0 Å². The van der Waals surface area contributed by atoms with Gasteiger partial charge in [0.2, 0.25) is 5.91 Å². The van der Waals surface area contributed by atoms with Crippen molar-refractivity contribution < 1.29 is 4.79 Å². The number of hydrogen-bond acceptors (Lipinski definition) is 4. The van der Waals surface area contributed by atoms with Gasteiger partial charge < -0.3 is 10.2 Å². The van der Waals surface area contributed by atoms with E-state index in [1.807, 2.05) is 0 Å². The van der Waals surface area contributed by atoms with Crippen molar-refractivity contribution >= 4 is 23.3 Å². The summed E-state index contributed by atoms with van der Waals surface area (Å²) >= 11 is 5.68. The number of rotatable bonds is 3. The summed E-state index contributed by atoms with van der Waals surface area (Å²) in [6, 6.07) is 1.60. The van der Waals surface area contributed by atoms with Crippen molar-refractivity contribution in [3.8, 4) is 0 Å². The number of amides is 1. The average molecular weight is 215 g/mol. The maximum absolute atomic E-state index is 11.1. The smallest absolute Gasteiger partial charge is 0.239 e. The zero-order chi connectivity index (χ0) is 10.6. The third-order valence-corrected chi connectivity index (χ3v) is 1.88. The van der Waals surface area contributed by atoms with Crippen LogP contribution in [0.15, 0.2) is 12.4 Å². The highest BCUT2D eigenvalue weighted by molar-refractivity contribution is 6.29. The fraction of sp³-hybridized carbons (Fsp3) is 0.375. The fourth-order valence-electron chi connectivity index (χ4n) is 0.908. The molecule has 1 amide bonds. The molecule has 0 aliphatic heterocycles. The van der Waals surface area contributed by atoms with Crippen molar-refractivity contribution in [1.29, 1.82) is 0 Å². The molecule has 1 heterocycles. The number of carbonyl (C=O) groups excluding carboxylic acids is 1. The number of likely N-dealkylation sites (N-methyl/N-ethyl adjacent to an activating group) is 2. The van der Waals surface area contributed by atoms with Crippen LogP contribution in [-0.4, -0.2) is 36.5 Å². The molecule has 0 saturated carbocycles. The maximum Gasteiger partial charge on any atom is 0.239 e. The highest BCUT2D eigenvalue weighted by Crippen LogP contribution is 2.11. The van der Waals surface area contributed by atoms with Gasteiger partial charge in [-0.25, -0.2) is 9.97 Å². The summed E-state index contributed by atoms with van der Waals surface area (Å²) in [4.78, 5) is 20.5. The van der Waals surface area contributed by atoms with Crippen molar-refractivity contribution in [3.05, 3.63) is 17.5 Å². The van der Waals surface area contributed by atoms with Gasteiger partial charge in [0.1, 0.15) is 17.3 Å². The van der Waals surface area contributed by atoms with Gasteiger partial charge in [0.15, 0.2) is 0 Å². The first kappa shape index (κ1) is 10.7. The highest BCUT2D eigenvalue weighted by atomic mass is 35.5. The Balaban J connectivity index is 2.69. The van der Waals surface area contributed by atoms with E-state index in [1.54, 1.807) is 25.1 Å². The molecule has 0 aromatic carbocycles. The second-order valence-corrected chi connectivity index (χ2v) is 3.12. The van der Waals surface area contributed by atoms with Gasteiger partial charge in [0, 0.05) is 20.2 Å². The van der Waals surface area contributed by atoms with Gasteiger partial charge in [0.05, 0.1) is 6.54 Å². The van der Waals surface area contributed by atoms with Gasteiger partial charge in [-0.1, -0.05) is 11.6 Å². The zero-order valence-corrected chi connectivity index (χ0v) is 8.75. The molecule has 1 N–H and O–H groups in total. The van der Waals surface area contributed by atoms with Crippen molar-refractivity contribution in [3.63, 3.8) is 0 Å². The van der Waals surface area contributed by atoms with Gasteiger partial charge in [-0.2, -0.15) is 0 Å². The summed E-state index contributed by atoms with van der Waals surface area (Å²) in [6.07, 6.45) is 1.36. The standard InChI is InChI=1S/C8H11ClN4O/c1-10-8(14)4-13(2)7-3-6(9)11-5-12-7/h3,5H,4H2,1-2H3,(H,10,14). The molecule has 14 heavy (non-hydrogen) atoms. The Morgan fingerprint density at radius 3 is 2.93 bits per heavy atom. The van der Waals surface area contributed by atoms with E-state index in [-0.39, 0.29) is 12.5 Å². The molecule has 0 saturated heterocycles. The largest absolute Gasteiger partial charge is 0.358 e. The van der Waals surface area contributed by atoms with Gasteiger partial charge in [-0.3, -0.25) is 4.79 Å². The van der Waals surface area contributed by atoms with Crippen molar-refractivity contribution in [2.75, 3.05) is 25.5 Å². The van der Waals surface area contributed by atoms with E-state index in [4.69, 9.17) is 11.6 Å². The summed E-state index contributed by atoms with van der Waals surface area (Å²) in [5.74, 6) is 0.538. The third kappa shape index (κ3) is 2.85. The Bertz CT molecular complexity index is 331. The van der Waals surface area contributed by atoms with Gasteiger partial charge in [-0.05, 0) is 0 Å². The monoisotopic (exact) mass is 214 g/mol. The number of hydrogen-bond donors (Lipinski definition) is 1. The Labute approximate surface area is 87.1 Å². The Morgan fingerprint density at radius 1 is 1.64 bits per heavy atom. The van der Waals surface area contributed by atoms with Crippen molar-refractivity contribution in [2.45, 2.75) is 0 Å². The summed E-state index contributed by atoms with van der Waals surface area (Å²) in [5.41, 5.74) is 0. The second kappa shape index (κ2) is 4.76. The Kier molecular flexibility index (Phi) is 3.64. The molecular weight excluding hydrogens is 204 g/mol. The minimum Gasteiger partial charge on any atom is -0.358 e. The summed E-state index contributed by atoms with van der Waals surface area (Å²) in [6.45, 7) is 0.240. The number of nitrogens with one attached hydrogen (secondary N) is 1. The van der Waals surface area contributed by atoms with E-state index < -0.39 is 0 Å². The SMILES string of the molecule is CNC(=O)CN(C)c1cc(Cl)ncn1. The van der Waals surface area contributed by atoms with E-state index >= 15 is 0 Å². The van der Waals surface area contributed by atoms with Crippen LogP contribution in [-0.2, 0) is 4.79 Å². The molecule has 1 aromatic rings. The number of anilines is 1. The number of halogens is 1. The van der Waals surface area contributed by atoms with Gasteiger partial charge in [0.25, 0.3) is 0 Å². The molecule has 1 rings (SSSR count). The van der Waals surface area contributed by atoms with Crippen molar-refractivity contribution in [2.24, 2.45) is 0 Å². The molecule has 0 aliphatic carbocycles. The molecule has 0 spiro atoms. The van der Waals surface area contributed by atoms with Crippen LogP contribution in [0.5, 0.6) is 0 Å². The lowest BCUT2D eigenvalue weighted by Gasteiger charge is -2.16. The molecule has 5 nitrogen and oxygen atoms in total. The molecule has 0 bridgehead atoms. The topological polar surface area (TPSA) is 58.1 Å². The van der Waals surface area contributed by atoms with Crippen molar-refractivity contribution in [1.82, 2.24) is 15.3 Å². The second-order valence-electron chi connectivity index (χ2n) is 2.73. The van der Waals surface area contributed by atoms with Crippen LogP contribution in [0.3, 0.4) is 0 Å². The molecule has 6 heteroatoms. The van der Waals surface area contributed by atoms with Crippen LogP contribution in [0.2, 0.25) is 5.15 Å². The van der Waals surface area contributed by atoms with Crippen LogP contribution < -0.4 is 10.2 Å². The zero-order valence-electron chi connectivity index (χ0n) is 7.99. The summed E-state index contributed by atoms with van der Waals surface area (Å²) < 4.78 is 0. The normalized spacial score (nSPS) is 9.64. The molecule has 0 atom stereocenters. The molecule has 0 unspecified atom stereocenters. The fourth-order valence-corrected chi connectivity index (χ4v) is 1.05. The van der Waals surface area contributed by atoms with Gasteiger partial charge in [-0.15, -0.1) is 0 Å². The van der Waals surface area contributed by atoms with Crippen LogP contribution in [0, 0.1) is 0 Å². The number of carbonyl (C=O) groups is 1. The lowest BCUT2D eigenvalue weighted by atomic mass is 10.4. The first-order valence-electron chi connectivity index (χ1n) is 4.02. The van der Waals surface area contributed by atoms with Crippen LogP contribution >= 0.6 is 11.6 Å². The minimum atomic E-state index is -0.0813. The Hall–Kier alpha value is -1.36. The van der Waals surface area contributed by atoms with E-state index in [1.165, 1.54) is 6.33 Å². The molecule has 76 valence electrons. The van der Waals surface area contributed by atoms with E-state index in [2.05, 4.69) is 15.3 Å². The molecular formula is C8H11ClN4O. The maximum atomic E-state index is 11.1. The summed E-state index contributed by atoms with van der Waals surface area (Å²) in [7, 11) is 3.34. The third-order valence-electron chi connectivity index (χ3n) is 1.67. The Morgan fingerprint density at radius 2 is 2.36 bits per heavy atom. The minimum absolute atomic E-state index is 0.0813. The predicted octanol–water partition coefficient (Wildman–Crippen LogP) is 0.312. The molecule has 0 aliphatic rings. The number of aromatic nitrogens is 2. The van der Waals surface area contributed by atoms with E-state index in [9.17, 15) is 4.79 Å². The average Bonchev–Trinajstić information content (AvgIpc) is 2.17. The predicted molar refractivity (Wildman–Crippen MR) is 54.4 cm³/mol. The van der Waals surface area contributed by atoms with E-state index in [0.717, 1.165) is 0 Å².